The van der Waals surface area contributed by atoms with Crippen molar-refractivity contribution in [3.8, 4) is 0 Å². The summed E-state index contributed by atoms with van der Waals surface area (Å²) < 4.78 is 0. The molecule has 5 atom stereocenters. The second kappa shape index (κ2) is 33.4. The zero-order valence-electron chi connectivity index (χ0n) is 41.9. The van der Waals surface area contributed by atoms with Gasteiger partial charge in [-0.05, 0) is 70.6 Å². The van der Waals surface area contributed by atoms with Crippen LogP contribution >= 0.6 is 0 Å². The lowest BCUT2D eigenvalue weighted by molar-refractivity contribution is -0.143. The number of nitrogens with two attached hydrogens (primary N) is 2. The lowest BCUT2D eigenvalue weighted by Gasteiger charge is -2.33. The maximum absolute atomic E-state index is 14.1. The van der Waals surface area contributed by atoms with Crippen LogP contribution in [0, 0.1) is 5.92 Å². The summed E-state index contributed by atoms with van der Waals surface area (Å²) in [7, 11) is 0. The number of nitrogens with one attached hydrogen (secondary N) is 5. The average molecular weight is 1020 g/mol. The lowest BCUT2D eigenvalue weighted by atomic mass is 9.98. The predicted molar refractivity (Wildman–Crippen MR) is 269 cm³/mol. The largest absolute Gasteiger partial charge is 0.480 e. The number of amides is 4. The van der Waals surface area contributed by atoms with Crippen molar-refractivity contribution in [2.45, 2.75) is 123 Å². The molecule has 0 bridgehead atoms. The molecule has 0 radical (unpaired) electrons. The normalized spacial score (nSPS) is 24.6. The van der Waals surface area contributed by atoms with Crippen LogP contribution in [0.4, 0.5) is 0 Å². The summed E-state index contributed by atoms with van der Waals surface area (Å²) in [6.45, 7) is 7.20. The molecule has 0 aromatic rings. The molecule has 3 aliphatic heterocycles. The molecule has 0 spiro atoms. The van der Waals surface area contributed by atoms with Gasteiger partial charge in [-0.25, -0.2) is 0 Å². The van der Waals surface area contributed by atoms with E-state index < -0.39 is 65.6 Å². The summed E-state index contributed by atoms with van der Waals surface area (Å²) in [6.07, 6.45) is 4.92. The topological polar surface area (TPSA) is 355 Å². The zero-order chi connectivity index (χ0) is 52.5. The Morgan fingerprint density at radius 3 is 1.72 bits per heavy atom. The number of carboxylic acids is 3. The Morgan fingerprint density at radius 1 is 0.694 bits per heavy atom. The van der Waals surface area contributed by atoms with Crippen LogP contribution in [0.15, 0.2) is 4.99 Å². The monoisotopic (exact) mass is 1020 g/mol. The van der Waals surface area contributed by atoms with Gasteiger partial charge >= 0.3 is 17.9 Å². The Bertz CT molecular complexity index is 1790. The van der Waals surface area contributed by atoms with E-state index in [1.807, 2.05) is 11.8 Å². The minimum Gasteiger partial charge on any atom is -0.480 e. The standard InChI is InChI=1S/C46H81N13O12.CH4/c1-31(2)40-41(67)44(70)50-15-7-5-11-34(42(68)49-14-6-4-10-32(3)53-35(12-8-16-51-46(47)48)45(71)59-17-9-13-36(59)43(69)54-40)52-26-33(60)27-55-18-20-56(28-37(61)62)22-24-58(30-39(65)66)25-23-57(21-19-55)29-38(63)64;/h31-32,34-36,40,52-53H,4-30H2,1-3H3,(H,49,68)(H,50,70)(H,54,69)(H,61,62)(H,63,64)(H,65,66)(H4,47,48,51);1H4/t32?,34?,35-,36-,40-;/m0./s1. The Labute approximate surface area is 423 Å². The molecule has 0 aromatic heterocycles. The van der Waals surface area contributed by atoms with Gasteiger partial charge in [0.25, 0.3) is 5.91 Å². The smallest absolute Gasteiger partial charge is 0.317 e. The third-order valence-electron chi connectivity index (χ3n) is 12.9. The number of hydrogen-bond donors (Lipinski definition) is 10. The van der Waals surface area contributed by atoms with Gasteiger partial charge in [-0.15, -0.1) is 0 Å². The van der Waals surface area contributed by atoms with E-state index in [-0.39, 0.29) is 135 Å². The van der Waals surface area contributed by atoms with Gasteiger partial charge in [0.1, 0.15) is 6.04 Å². The van der Waals surface area contributed by atoms with Gasteiger partial charge in [0, 0.05) is 84.6 Å². The second-order valence-electron chi connectivity index (χ2n) is 19.1. The summed E-state index contributed by atoms with van der Waals surface area (Å²) in [5.41, 5.74) is 11.0. The van der Waals surface area contributed by atoms with Crippen LogP contribution < -0.4 is 38.1 Å². The Kier molecular flexibility index (Phi) is 29.1. The number of carbonyl (C=O) groups is 9. The number of rotatable bonds is 16. The SMILES string of the molecule is C.CC1CCCCNC(=O)C(NCC(=O)CN2CCN(CC(=O)O)CCN(CC(=O)O)CCN(CC(=O)O)CC2)CCCCNC(=O)C(=O)[C@H](C(C)C)NC(=O)[C@@H]2CCCN2C(=O)[C@H](CCCN=C(N)N)N1. The molecule has 0 aromatic carbocycles. The Balaban J connectivity index is 0.0000178. The summed E-state index contributed by atoms with van der Waals surface area (Å²) in [5, 5.41) is 43.5. The lowest BCUT2D eigenvalue weighted by Crippen LogP contribution is -2.57. The van der Waals surface area contributed by atoms with E-state index in [0.29, 0.717) is 77.4 Å². The first kappa shape index (κ1) is 62.8. The minimum absolute atomic E-state index is 0. The highest BCUT2D eigenvalue weighted by Crippen LogP contribution is 2.21. The molecule has 72 heavy (non-hydrogen) atoms. The number of carboxylic acid groups (broad SMARTS) is 3. The second-order valence-corrected chi connectivity index (χ2v) is 19.1. The zero-order valence-corrected chi connectivity index (χ0v) is 41.9. The first-order valence-corrected chi connectivity index (χ1v) is 25.1. The van der Waals surface area contributed by atoms with Gasteiger partial charge < -0.3 is 53.0 Å². The fraction of sp³-hybridized carbons (Fsp3) is 0.787. The summed E-state index contributed by atoms with van der Waals surface area (Å²) in [6, 6.07) is -3.57. The highest BCUT2D eigenvalue weighted by Gasteiger charge is 2.40. The fourth-order valence-corrected chi connectivity index (χ4v) is 8.96. The van der Waals surface area contributed by atoms with Gasteiger partial charge in [0.2, 0.25) is 23.5 Å². The molecular formula is C47H85N13O12. The molecular weight excluding hydrogens is 939 g/mol. The van der Waals surface area contributed by atoms with Crippen molar-refractivity contribution in [2.24, 2.45) is 22.4 Å². The average Bonchev–Trinajstić information content (AvgIpc) is 3.79. The maximum atomic E-state index is 14.1. The van der Waals surface area contributed by atoms with Crippen molar-refractivity contribution in [1.29, 1.82) is 0 Å². The molecule has 0 saturated carbocycles. The Hall–Kier alpha value is -5.34. The van der Waals surface area contributed by atoms with Gasteiger partial charge in [-0.2, -0.15) is 0 Å². The first-order valence-electron chi connectivity index (χ1n) is 25.1. The number of hydrogen-bond acceptors (Lipinski definition) is 16. The van der Waals surface area contributed by atoms with E-state index in [1.165, 1.54) is 0 Å². The van der Waals surface area contributed by atoms with E-state index in [1.54, 1.807) is 33.4 Å². The van der Waals surface area contributed by atoms with E-state index in [0.717, 1.165) is 0 Å². The van der Waals surface area contributed by atoms with Crippen molar-refractivity contribution in [1.82, 2.24) is 51.1 Å². The van der Waals surface area contributed by atoms with Crippen LogP contribution in [-0.4, -0.2) is 240 Å². The molecule has 3 aliphatic rings. The van der Waals surface area contributed by atoms with Crippen molar-refractivity contribution >= 4 is 59.1 Å². The fourth-order valence-electron chi connectivity index (χ4n) is 8.96. The van der Waals surface area contributed by atoms with Gasteiger partial charge in [0.15, 0.2) is 11.7 Å². The van der Waals surface area contributed by atoms with Crippen LogP contribution in [0.5, 0.6) is 0 Å². The van der Waals surface area contributed by atoms with Crippen LogP contribution in [0.1, 0.15) is 92.4 Å². The summed E-state index contributed by atoms with van der Waals surface area (Å²) in [4.78, 5) is 129. The number of aliphatic carboxylic acids is 3. The number of Topliss-reactive ketones (excluding diaryl/α,β-unsaturated/α-hetero) is 2. The van der Waals surface area contributed by atoms with Gasteiger partial charge in [-0.1, -0.05) is 27.7 Å². The molecule has 3 heterocycles. The molecule has 25 nitrogen and oxygen atoms in total. The van der Waals surface area contributed by atoms with Crippen molar-refractivity contribution in [2.75, 3.05) is 111 Å². The van der Waals surface area contributed by atoms with E-state index >= 15 is 0 Å². The number of ketones is 2. The molecule has 2 unspecified atom stereocenters. The van der Waals surface area contributed by atoms with Crippen LogP contribution in [-0.2, 0) is 43.2 Å². The first-order chi connectivity index (χ1) is 33.7. The predicted octanol–water partition coefficient (Wildman–Crippen LogP) is -2.69. The van der Waals surface area contributed by atoms with Crippen molar-refractivity contribution in [3.63, 3.8) is 0 Å². The molecule has 4 amide bonds. The molecule has 12 N–H and O–H groups in total. The van der Waals surface area contributed by atoms with Crippen LogP contribution in [0.25, 0.3) is 0 Å². The molecule has 0 aliphatic carbocycles. The quantitative estimate of drug-likeness (QED) is 0.0326. The van der Waals surface area contributed by atoms with Gasteiger partial charge in [0.05, 0.1) is 50.8 Å². The van der Waals surface area contributed by atoms with Crippen LogP contribution in [0.3, 0.4) is 0 Å². The molecule has 3 fully saturated rings. The highest BCUT2D eigenvalue weighted by molar-refractivity contribution is 6.38. The number of aliphatic imine (C=N–C) groups is 1. The van der Waals surface area contributed by atoms with E-state index in [4.69, 9.17) is 11.5 Å². The molecule has 410 valence electrons. The van der Waals surface area contributed by atoms with Crippen molar-refractivity contribution in [3.05, 3.63) is 0 Å². The van der Waals surface area contributed by atoms with Gasteiger partial charge in [-0.3, -0.25) is 73.1 Å². The third kappa shape index (κ3) is 23.9. The Morgan fingerprint density at radius 2 is 1.21 bits per heavy atom. The highest BCUT2D eigenvalue weighted by atomic mass is 16.4. The molecule has 3 saturated heterocycles. The van der Waals surface area contributed by atoms with Crippen molar-refractivity contribution < 1.29 is 58.5 Å². The number of guanidine groups is 1. The number of fused-ring (bicyclic) bond motifs is 1. The maximum Gasteiger partial charge on any atom is 0.317 e. The summed E-state index contributed by atoms with van der Waals surface area (Å²) in [5.74, 6) is -6.77. The number of nitrogens with zero attached hydrogens (tertiary/aromatic N) is 6. The molecule has 25 heteroatoms. The molecule has 3 rings (SSSR count). The summed E-state index contributed by atoms with van der Waals surface area (Å²) >= 11 is 0. The van der Waals surface area contributed by atoms with Crippen LogP contribution in [0.2, 0.25) is 0 Å². The van der Waals surface area contributed by atoms with E-state index in [2.05, 4.69) is 31.6 Å². The van der Waals surface area contributed by atoms with E-state index in [9.17, 15) is 58.5 Å². The number of carbonyl (C=O) groups excluding carboxylic acids is 6. The minimum atomic E-state index is -1.14. The third-order valence-corrected chi connectivity index (χ3v) is 12.9.